The predicted molar refractivity (Wildman–Crippen MR) is 77.0 cm³/mol. The Morgan fingerprint density at radius 3 is 2.56 bits per heavy atom. The van der Waals surface area contributed by atoms with Gasteiger partial charge in [0.2, 0.25) is 0 Å². The number of benzene rings is 1. The van der Waals surface area contributed by atoms with E-state index in [1.807, 2.05) is 0 Å². The maximum Gasteiger partial charge on any atom is 0.134 e. The summed E-state index contributed by atoms with van der Waals surface area (Å²) in [6.45, 7) is 9.71. The van der Waals surface area contributed by atoms with Crippen molar-refractivity contribution in [3.8, 4) is 0 Å². The molecule has 2 rings (SSSR count). The number of furan rings is 1. The van der Waals surface area contributed by atoms with Crippen LogP contribution in [0.4, 0.5) is 0 Å². The monoisotopic (exact) mass is 245 g/mol. The van der Waals surface area contributed by atoms with E-state index < -0.39 is 0 Å². The van der Waals surface area contributed by atoms with Crippen LogP contribution in [0.2, 0.25) is 0 Å². The summed E-state index contributed by atoms with van der Waals surface area (Å²) >= 11 is 0. The topological polar surface area (TPSA) is 25.2 Å². The second-order valence-corrected chi connectivity index (χ2v) is 5.12. The lowest BCUT2D eigenvalue weighted by Crippen LogP contribution is -2.19. The van der Waals surface area contributed by atoms with Gasteiger partial charge in [0, 0.05) is 5.39 Å². The summed E-state index contributed by atoms with van der Waals surface area (Å²) in [5, 5.41) is 4.67. The van der Waals surface area contributed by atoms with Gasteiger partial charge in [-0.15, -0.1) is 0 Å². The minimum atomic E-state index is 0.324. The molecule has 1 atom stereocenters. The molecule has 0 aliphatic rings. The zero-order valence-electron chi connectivity index (χ0n) is 11.8. The lowest BCUT2D eigenvalue weighted by molar-refractivity contribution is 0.428. The molecule has 2 heteroatoms. The summed E-state index contributed by atoms with van der Waals surface area (Å²) in [5.41, 5.74) is 2.36. The van der Waals surface area contributed by atoms with Crippen LogP contribution in [0.15, 0.2) is 28.7 Å². The standard InChI is InChI=1S/C16H23NO/c1-5-14(17-6-2)16-10-13-9-12(11(3)4)7-8-15(13)18-16/h7-11,14,17H,5-6H2,1-4H3. The molecular formula is C16H23NO. The zero-order chi connectivity index (χ0) is 13.1. The van der Waals surface area contributed by atoms with Crippen LogP contribution in [0.3, 0.4) is 0 Å². The fourth-order valence-electron chi connectivity index (χ4n) is 2.31. The van der Waals surface area contributed by atoms with Crippen molar-refractivity contribution in [3.63, 3.8) is 0 Å². The van der Waals surface area contributed by atoms with E-state index >= 15 is 0 Å². The maximum atomic E-state index is 5.95. The lowest BCUT2D eigenvalue weighted by Gasteiger charge is -2.11. The molecule has 2 nitrogen and oxygen atoms in total. The highest BCUT2D eigenvalue weighted by Gasteiger charge is 2.13. The molecule has 0 fully saturated rings. The first kappa shape index (κ1) is 13.2. The molecule has 0 saturated carbocycles. The van der Waals surface area contributed by atoms with Crippen LogP contribution in [0, 0.1) is 0 Å². The van der Waals surface area contributed by atoms with Gasteiger partial charge >= 0.3 is 0 Å². The quantitative estimate of drug-likeness (QED) is 0.831. The van der Waals surface area contributed by atoms with Crippen LogP contribution in [0.1, 0.15) is 57.4 Å². The summed E-state index contributed by atoms with van der Waals surface area (Å²) in [5.74, 6) is 1.61. The molecule has 0 amide bonds. The van der Waals surface area contributed by atoms with Crippen LogP contribution in [-0.2, 0) is 0 Å². The fourth-order valence-corrected chi connectivity index (χ4v) is 2.31. The first-order valence-corrected chi connectivity index (χ1v) is 6.92. The van der Waals surface area contributed by atoms with E-state index in [0.29, 0.717) is 12.0 Å². The molecule has 1 aromatic heterocycles. The van der Waals surface area contributed by atoms with Crippen LogP contribution < -0.4 is 5.32 Å². The highest BCUT2D eigenvalue weighted by molar-refractivity contribution is 5.79. The largest absolute Gasteiger partial charge is 0.459 e. The first-order valence-electron chi connectivity index (χ1n) is 6.92. The van der Waals surface area contributed by atoms with Gasteiger partial charge in [0.1, 0.15) is 11.3 Å². The Hall–Kier alpha value is -1.28. The molecular weight excluding hydrogens is 222 g/mol. The number of fused-ring (bicyclic) bond motifs is 1. The molecule has 0 aliphatic heterocycles. The van der Waals surface area contributed by atoms with Crippen molar-refractivity contribution in [1.82, 2.24) is 5.32 Å². The van der Waals surface area contributed by atoms with Gasteiger partial charge in [0.05, 0.1) is 6.04 Å². The Morgan fingerprint density at radius 2 is 1.94 bits per heavy atom. The van der Waals surface area contributed by atoms with Gasteiger partial charge in [-0.3, -0.25) is 0 Å². The molecule has 98 valence electrons. The summed E-state index contributed by atoms with van der Waals surface area (Å²) < 4.78 is 5.95. The van der Waals surface area contributed by atoms with Crippen LogP contribution in [0.5, 0.6) is 0 Å². The van der Waals surface area contributed by atoms with Gasteiger partial charge in [-0.05, 0) is 42.6 Å². The normalized spacial score (nSPS) is 13.4. The molecule has 0 spiro atoms. The first-order chi connectivity index (χ1) is 8.65. The van der Waals surface area contributed by atoms with Crippen molar-refractivity contribution in [3.05, 3.63) is 35.6 Å². The molecule has 1 heterocycles. The predicted octanol–water partition coefficient (Wildman–Crippen LogP) is 4.62. The molecule has 18 heavy (non-hydrogen) atoms. The number of hydrogen-bond acceptors (Lipinski definition) is 2. The van der Waals surface area contributed by atoms with Crippen molar-refractivity contribution in [2.45, 2.75) is 46.1 Å². The average Bonchev–Trinajstić information content (AvgIpc) is 2.78. The van der Waals surface area contributed by atoms with E-state index in [0.717, 1.165) is 24.3 Å². The van der Waals surface area contributed by atoms with E-state index in [2.05, 4.69) is 57.3 Å². The number of nitrogens with one attached hydrogen (secondary N) is 1. The second kappa shape index (κ2) is 5.57. The SMILES string of the molecule is CCNC(CC)c1cc2cc(C(C)C)ccc2o1. The Kier molecular flexibility index (Phi) is 4.07. The van der Waals surface area contributed by atoms with Gasteiger partial charge in [0.15, 0.2) is 0 Å². The molecule has 0 saturated heterocycles. The molecule has 0 radical (unpaired) electrons. The van der Waals surface area contributed by atoms with Gasteiger partial charge in [-0.2, -0.15) is 0 Å². The van der Waals surface area contributed by atoms with Gasteiger partial charge < -0.3 is 9.73 Å². The van der Waals surface area contributed by atoms with E-state index in [1.54, 1.807) is 0 Å². The van der Waals surface area contributed by atoms with Crippen molar-refractivity contribution < 1.29 is 4.42 Å². The smallest absolute Gasteiger partial charge is 0.134 e. The lowest BCUT2D eigenvalue weighted by atomic mass is 10.0. The Labute approximate surface area is 109 Å². The summed E-state index contributed by atoms with van der Waals surface area (Å²) in [4.78, 5) is 0. The zero-order valence-corrected chi connectivity index (χ0v) is 11.8. The fraction of sp³-hybridized carbons (Fsp3) is 0.500. The molecule has 1 N–H and O–H groups in total. The maximum absolute atomic E-state index is 5.95. The number of rotatable bonds is 5. The molecule has 0 aliphatic carbocycles. The Balaban J connectivity index is 2.37. The van der Waals surface area contributed by atoms with Crippen molar-refractivity contribution in [2.75, 3.05) is 6.54 Å². The molecule has 1 aromatic carbocycles. The van der Waals surface area contributed by atoms with E-state index in [-0.39, 0.29) is 0 Å². The van der Waals surface area contributed by atoms with Gasteiger partial charge in [-0.1, -0.05) is 33.8 Å². The van der Waals surface area contributed by atoms with E-state index in [4.69, 9.17) is 4.42 Å². The van der Waals surface area contributed by atoms with Crippen LogP contribution >= 0.6 is 0 Å². The average molecular weight is 245 g/mol. The highest BCUT2D eigenvalue weighted by atomic mass is 16.3. The Bertz CT molecular complexity index is 513. The van der Waals surface area contributed by atoms with E-state index in [9.17, 15) is 0 Å². The van der Waals surface area contributed by atoms with Crippen molar-refractivity contribution in [1.29, 1.82) is 0 Å². The molecule has 0 bridgehead atoms. The summed E-state index contributed by atoms with van der Waals surface area (Å²) in [6.07, 6.45) is 1.05. The summed E-state index contributed by atoms with van der Waals surface area (Å²) in [7, 11) is 0. The van der Waals surface area contributed by atoms with Gasteiger partial charge in [0.25, 0.3) is 0 Å². The minimum Gasteiger partial charge on any atom is -0.459 e. The molecule has 2 aromatic rings. The van der Waals surface area contributed by atoms with E-state index in [1.165, 1.54) is 10.9 Å². The third-order valence-electron chi connectivity index (χ3n) is 3.43. The second-order valence-electron chi connectivity index (χ2n) is 5.12. The van der Waals surface area contributed by atoms with Crippen molar-refractivity contribution >= 4 is 11.0 Å². The molecule has 1 unspecified atom stereocenters. The summed E-state index contributed by atoms with van der Waals surface area (Å²) in [6, 6.07) is 9.00. The van der Waals surface area contributed by atoms with Gasteiger partial charge in [-0.25, -0.2) is 0 Å². The minimum absolute atomic E-state index is 0.324. The highest BCUT2D eigenvalue weighted by Crippen LogP contribution is 2.28. The third kappa shape index (κ3) is 2.59. The number of hydrogen-bond donors (Lipinski definition) is 1. The van der Waals surface area contributed by atoms with Crippen LogP contribution in [0.25, 0.3) is 11.0 Å². The van der Waals surface area contributed by atoms with Crippen LogP contribution in [-0.4, -0.2) is 6.54 Å². The van der Waals surface area contributed by atoms with Crippen molar-refractivity contribution in [2.24, 2.45) is 0 Å². The third-order valence-corrected chi connectivity index (χ3v) is 3.43. The Morgan fingerprint density at radius 1 is 1.17 bits per heavy atom.